The standard InChI is InChI=1S/C38H58N2O5/c1-4-7-9-11-13-15-25-40(26-16-14-12-10-8-5-2)29-35-28-36(32-19-17-31(30-41)18-20-32)45-37(44-35)33-21-23-34(24-22-33)39-38(42)43-27-6-3/h6,17-24,35-37,41H,3-5,7-16,25-30H2,1-2H3,(H,39,42). The Labute approximate surface area is 272 Å². The van der Waals surface area contributed by atoms with E-state index in [2.05, 4.69) is 42.8 Å². The van der Waals surface area contributed by atoms with Gasteiger partial charge in [0.25, 0.3) is 0 Å². The normalized spacial score (nSPS) is 18.2. The fourth-order valence-electron chi connectivity index (χ4n) is 5.86. The average molecular weight is 623 g/mol. The number of nitrogens with zero attached hydrogens (tertiary/aromatic N) is 1. The van der Waals surface area contributed by atoms with E-state index in [-0.39, 0.29) is 25.4 Å². The number of ether oxygens (including phenoxy) is 3. The second kappa shape index (κ2) is 21.9. The molecule has 0 aliphatic carbocycles. The fourth-order valence-corrected chi connectivity index (χ4v) is 5.86. The van der Waals surface area contributed by atoms with Crippen molar-refractivity contribution in [1.29, 1.82) is 0 Å². The topological polar surface area (TPSA) is 80.3 Å². The van der Waals surface area contributed by atoms with Crippen LogP contribution < -0.4 is 5.32 Å². The van der Waals surface area contributed by atoms with Crippen molar-refractivity contribution in [2.24, 2.45) is 0 Å². The molecule has 1 fully saturated rings. The summed E-state index contributed by atoms with van der Waals surface area (Å²) < 4.78 is 18.3. The van der Waals surface area contributed by atoms with Crippen LogP contribution in [0.15, 0.2) is 61.2 Å². The third-order valence-electron chi connectivity index (χ3n) is 8.49. The van der Waals surface area contributed by atoms with Gasteiger partial charge in [0, 0.05) is 24.2 Å². The molecule has 0 radical (unpaired) electrons. The molecule has 0 aromatic heterocycles. The summed E-state index contributed by atoms with van der Waals surface area (Å²) in [5, 5.41) is 12.3. The highest BCUT2D eigenvalue weighted by atomic mass is 16.7. The summed E-state index contributed by atoms with van der Waals surface area (Å²) in [7, 11) is 0. The minimum Gasteiger partial charge on any atom is -0.445 e. The monoisotopic (exact) mass is 622 g/mol. The van der Waals surface area contributed by atoms with Crippen LogP contribution in [0.3, 0.4) is 0 Å². The second-order valence-electron chi connectivity index (χ2n) is 12.3. The highest BCUT2D eigenvalue weighted by molar-refractivity contribution is 5.84. The number of rotatable bonds is 22. The molecule has 250 valence electrons. The number of aliphatic hydroxyl groups excluding tert-OH is 1. The third-order valence-corrected chi connectivity index (χ3v) is 8.49. The van der Waals surface area contributed by atoms with Gasteiger partial charge in [-0.1, -0.05) is 127 Å². The first kappa shape index (κ1) is 36.8. The van der Waals surface area contributed by atoms with Gasteiger partial charge < -0.3 is 24.2 Å². The molecule has 2 N–H and O–H groups in total. The zero-order chi connectivity index (χ0) is 32.1. The van der Waals surface area contributed by atoms with E-state index >= 15 is 0 Å². The number of amides is 1. The summed E-state index contributed by atoms with van der Waals surface area (Å²) in [6.45, 7) is 11.4. The zero-order valence-corrected chi connectivity index (χ0v) is 27.9. The van der Waals surface area contributed by atoms with Crippen molar-refractivity contribution < 1.29 is 24.1 Å². The molecule has 0 saturated carbocycles. The number of benzene rings is 2. The number of hydrogen-bond acceptors (Lipinski definition) is 6. The molecule has 0 spiro atoms. The molecule has 1 amide bonds. The van der Waals surface area contributed by atoms with Crippen molar-refractivity contribution >= 4 is 11.8 Å². The number of hydrogen-bond donors (Lipinski definition) is 2. The summed E-state index contributed by atoms with van der Waals surface area (Å²) in [5.74, 6) is 0. The molecule has 1 heterocycles. The fraction of sp³-hybridized carbons (Fsp3) is 0.605. The minimum atomic E-state index is -0.530. The number of carbonyl (C=O) groups excluding carboxylic acids is 1. The van der Waals surface area contributed by atoms with Gasteiger partial charge in [-0.2, -0.15) is 0 Å². The van der Waals surface area contributed by atoms with Crippen molar-refractivity contribution in [3.8, 4) is 0 Å². The largest absolute Gasteiger partial charge is 0.445 e. The van der Waals surface area contributed by atoms with Crippen LogP contribution in [-0.4, -0.2) is 48.4 Å². The SMILES string of the molecule is C=CCOC(=O)Nc1ccc(C2OC(CN(CCCCCCCC)CCCCCCCC)CC(c3ccc(CO)cc3)O2)cc1. The first-order chi connectivity index (χ1) is 22.1. The highest BCUT2D eigenvalue weighted by Gasteiger charge is 2.33. The van der Waals surface area contributed by atoms with Crippen molar-refractivity contribution in [1.82, 2.24) is 4.90 Å². The van der Waals surface area contributed by atoms with Gasteiger partial charge in [-0.15, -0.1) is 0 Å². The molecule has 3 unspecified atom stereocenters. The molecule has 3 atom stereocenters. The van der Waals surface area contributed by atoms with E-state index in [9.17, 15) is 9.90 Å². The van der Waals surface area contributed by atoms with E-state index in [1.165, 1.54) is 83.1 Å². The molecule has 7 nitrogen and oxygen atoms in total. The van der Waals surface area contributed by atoms with Gasteiger partial charge in [0.15, 0.2) is 6.29 Å². The smallest absolute Gasteiger partial charge is 0.411 e. The van der Waals surface area contributed by atoms with Crippen molar-refractivity contribution in [3.63, 3.8) is 0 Å². The van der Waals surface area contributed by atoms with Crippen molar-refractivity contribution in [2.45, 2.75) is 122 Å². The summed E-state index contributed by atoms with van der Waals surface area (Å²) in [4.78, 5) is 14.6. The Hall–Kier alpha value is -2.71. The van der Waals surface area contributed by atoms with E-state index in [0.29, 0.717) is 5.69 Å². The lowest BCUT2D eigenvalue weighted by Crippen LogP contribution is -2.40. The number of unbranched alkanes of at least 4 members (excludes halogenated alkanes) is 10. The molecular weight excluding hydrogens is 564 g/mol. The molecular formula is C38H58N2O5. The first-order valence-electron chi connectivity index (χ1n) is 17.4. The van der Waals surface area contributed by atoms with Crippen LogP contribution in [-0.2, 0) is 20.8 Å². The third kappa shape index (κ3) is 14.1. The summed E-state index contributed by atoms with van der Waals surface area (Å²) in [5.41, 5.74) is 3.52. The van der Waals surface area contributed by atoms with Crippen LogP contribution in [0.1, 0.15) is 126 Å². The zero-order valence-electron chi connectivity index (χ0n) is 27.9. The van der Waals surface area contributed by atoms with Crippen LogP contribution in [0.4, 0.5) is 10.5 Å². The van der Waals surface area contributed by atoms with Crippen molar-refractivity contribution in [3.05, 3.63) is 77.9 Å². The van der Waals surface area contributed by atoms with Gasteiger partial charge >= 0.3 is 6.09 Å². The summed E-state index contributed by atoms with van der Waals surface area (Å²) in [6.07, 6.45) is 16.7. The Morgan fingerprint density at radius 1 is 0.867 bits per heavy atom. The molecule has 2 aromatic rings. The number of nitrogens with one attached hydrogen (secondary N) is 1. The Kier molecular flexibility index (Phi) is 17.9. The molecule has 1 aliphatic heterocycles. The van der Waals surface area contributed by atoms with Gasteiger partial charge in [-0.05, 0) is 49.2 Å². The predicted molar refractivity (Wildman–Crippen MR) is 183 cm³/mol. The van der Waals surface area contributed by atoms with Crippen LogP contribution in [0, 0.1) is 0 Å². The quantitative estimate of drug-likeness (QED) is 0.101. The maximum Gasteiger partial charge on any atom is 0.411 e. The predicted octanol–water partition coefficient (Wildman–Crippen LogP) is 9.48. The van der Waals surface area contributed by atoms with Gasteiger partial charge in [0.1, 0.15) is 6.61 Å². The lowest BCUT2D eigenvalue weighted by molar-refractivity contribution is -0.253. The maximum absolute atomic E-state index is 12.0. The maximum atomic E-state index is 12.0. The molecule has 3 rings (SSSR count). The Morgan fingerprint density at radius 3 is 2.02 bits per heavy atom. The first-order valence-corrected chi connectivity index (χ1v) is 17.4. The highest BCUT2D eigenvalue weighted by Crippen LogP contribution is 2.38. The van der Waals surface area contributed by atoms with E-state index in [4.69, 9.17) is 14.2 Å². The van der Waals surface area contributed by atoms with Gasteiger partial charge in [-0.3, -0.25) is 5.32 Å². The van der Waals surface area contributed by atoms with Gasteiger partial charge in [-0.25, -0.2) is 4.79 Å². The number of aliphatic hydroxyl groups is 1. The van der Waals surface area contributed by atoms with Crippen LogP contribution in [0.2, 0.25) is 0 Å². The molecule has 7 heteroatoms. The average Bonchev–Trinajstić information content (AvgIpc) is 3.07. The van der Waals surface area contributed by atoms with E-state index in [0.717, 1.165) is 42.7 Å². The molecule has 45 heavy (non-hydrogen) atoms. The van der Waals surface area contributed by atoms with Gasteiger partial charge in [0.05, 0.1) is 18.8 Å². The second-order valence-corrected chi connectivity index (χ2v) is 12.3. The van der Waals surface area contributed by atoms with E-state index in [1.807, 2.05) is 36.4 Å². The Bertz CT molecular complexity index is 1060. The van der Waals surface area contributed by atoms with E-state index < -0.39 is 12.4 Å². The van der Waals surface area contributed by atoms with E-state index in [1.54, 1.807) is 0 Å². The van der Waals surface area contributed by atoms with Crippen molar-refractivity contribution in [2.75, 3.05) is 31.6 Å². The minimum absolute atomic E-state index is 0.0122. The van der Waals surface area contributed by atoms with Crippen LogP contribution in [0.5, 0.6) is 0 Å². The number of carbonyl (C=O) groups is 1. The van der Waals surface area contributed by atoms with Crippen LogP contribution >= 0.6 is 0 Å². The van der Waals surface area contributed by atoms with Gasteiger partial charge in [0.2, 0.25) is 0 Å². The Morgan fingerprint density at radius 2 is 1.44 bits per heavy atom. The molecule has 2 aromatic carbocycles. The summed E-state index contributed by atoms with van der Waals surface area (Å²) >= 11 is 0. The Balaban J connectivity index is 1.70. The molecule has 1 aliphatic rings. The number of anilines is 1. The lowest BCUT2D eigenvalue weighted by atomic mass is 9.99. The lowest BCUT2D eigenvalue weighted by Gasteiger charge is -2.38. The molecule has 0 bridgehead atoms. The molecule has 1 saturated heterocycles. The summed E-state index contributed by atoms with van der Waals surface area (Å²) in [6, 6.07) is 15.6. The van der Waals surface area contributed by atoms with Crippen LogP contribution in [0.25, 0.3) is 0 Å².